The zero-order valence-corrected chi connectivity index (χ0v) is 21.3. The van der Waals surface area contributed by atoms with Gasteiger partial charge in [0.25, 0.3) is 0 Å². The van der Waals surface area contributed by atoms with Crippen LogP contribution in [-0.4, -0.2) is 65.3 Å². The van der Waals surface area contributed by atoms with Gasteiger partial charge >= 0.3 is 0 Å². The maximum Gasteiger partial charge on any atom is 0.233 e. The van der Waals surface area contributed by atoms with Crippen LogP contribution in [0, 0.1) is 35.5 Å². The molecule has 2 aromatic rings. The number of amides is 2. The van der Waals surface area contributed by atoms with Crippen LogP contribution in [0.3, 0.4) is 0 Å². The highest BCUT2D eigenvalue weighted by atomic mass is 32.1. The van der Waals surface area contributed by atoms with Crippen LogP contribution in [0.4, 0.5) is 5.82 Å². The second-order valence-corrected chi connectivity index (χ2v) is 12.6. The number of fused-ring (bicyclic) bond motifs is 6. The third-order valence-corrected chi connectivity index (χ3v) is 10.8. The molecule has 6 nitrogen and oxygen atoms in total. The second-order valence-electron chi connectivity index (χ2n) is 11.8. The molecule has 2 amide bonds. The number of imide groups is 1. The predicted octanol–water partition coefficient (Wildman–Crippen LogP) is 4.26. The molecule has 1 aromatic heterocycles. The molecule has 186 valence electrons. The summed E-state index contributed by atoms with van der Waals surface area (Å²) in [5.41, 5.74) is 0. The lowest BCUT2D eigenvalue weighted by molar-refractivity contribution is -0.142. The third kappa shape index (κ3) is 3.72. The monoisotopic (exact) mass is 492 g/mol. The van der Waals surface area contributed by atoms with Crippen LogP contribution < -0.4 is 4.90 Å². The Morgan fingerprint density at radius 1 is 0.829 bits per heavy atom. The smallest absolute Gasteiger partial charge is 0.233 e. The van der Waals surface area contributed by atoms with Crippen LogP contribution >= 0.6 is 11.5 Å². The Labute approximate surface area is 211 Å². The maximum absolute atomic E-state index is 13.3. The molecule has 0 spiro atoms. The average Bonchev–Trinajstić information content (AvgIpc) is 3.66. The lowest BCUT2D eigenvalue weighted by Crippen LogP contribution is -2.49. The normalized spacial score (nSPS) is 35.4. The van der Waals surface area contributed by atoms with Gasteiger partial charge in [0.2, 0.25) is 11.8 Å². The maximum atomic E-state index is 13.3. The molecule has 6 atom stereocenters. The number of likely N-dealkylation sites (tertiary alicyclic amines) is 1. The zero-order chi connectivity index (χ0) is 23.5. The lowest BCUT2D eigenvalue weighted by Gasteiger charge is -2.40. The molecule has 7 heteroatoms. The van der Waals surface area contributed by atoms with Gasteiger partial charge in [-0.15, -0.1) is 0 Å². The van der Waals surface area contributed by atoms with Crippen molar-refractivity contribution in [1.29, 1.82) is 0 Å². The van der Waals surface area contributed by atoms with Gasteiger partial charge in [0.15, 0.2) is 0 Å². The van der Waals surface area contributed by atoms with Crippen LogP contribution in [0.2, 0.25) is 0 Å². The summed E-state index contributed by atoms with van der Waals surface area (Å²) in [4.78, 5) is 33.4. The highest BCUT2D eigenvalue weighted by Crippen LogP contribution is 2.56. The molecule has 3 heterocycles. The minimum Gasteiger partial charge on any atom is -0.353 e. The van der Waals surface area contributed by atoms with Crippen molar-refractivity contribution in [2.24, 2.45) is 35.5 Å². The summed E-state index contributed by atoms with van der Waals surface area (Å²) < 4.78 is 6.02. The number of anilines is 1. The molecule has 0 N–H and O–H groups in total. The Bertz CT molecular complexity index is 1100. The minimum atomic E-state index is 0.0261. The Hall–Kier alpha value is -1.99. The van der Waals surface area contributed by atoms with Crippen LogP contribution in [0.5, 0.6) is 0 Å². The molecule has 3 aliphatic carbocycles. The number of piperazine rings is 1. The molecule has 5 fully saturated rings. The number of aromatic nitrogens is 1. The predicted molar refractivity (Wildman–Crippen MR) is 138 cm³/mol. The largest absolute Gasteiger partial charge is 0.353 e. The third-order valence-electron chi connectivity index (χ3n) is 10.0. The first-order valence-electron chi connectivity index (χ1n) is 13.8. The van der Waals surface area contributed by atoms with Gasteiger partial charge in [-0.1, -0.05) is 25.0 Å². The summed E-state index contributed by atoms with van der Waals surface area (Å²) in [6.07, 6.45) is 8.35. The van der Waals surface area contributed by atoms with Gasteiger partial charge in [0.05, 0.1) is 16.5 Å². The zero-order valence-electron chi connectivity index (χ0n) is 20.5. The molecule has 2 aliphatic heterocycles. The topological polar surface area (TPSA) is 56.8 Å². The Kier molecular flexibility index (Phi) is 5.61. The van der Waals surface area contributed by atoms with E-state index in [0.717, 1.165) is 64.2 Å². The molecule has 2 saturated heterocycles. The van der Waals surface area contributed by atoms with E-state index in [-0.39, 0.29) is 23.7 Å². The first-order chi connectivity index (χ1) is 17.2. The summed E-state index contributed by atoms with van der Waals surface area (Å²) in [7, 11) is 0. The van der Waals surface area contributed by atoms with Gasteiger partial charge in [0.1, 0.15) is 5.82 Å². The highest BCUT2D eigenvalue weighted by molar-refractivity contribution is 7.13. The Balaban J connectivity index is 0.986. The molecular weight excluding hydrogens is 456 g/mol. The fraction of sp³-hybridized carbons (Fsp3) is 0.679. The molecule has 1 unspecified atom stereocenters. The Morgan fingerprint density at radius 3 is 2.20 bits per heavy atom. The number of carbonyl (C=O) groups excluding carboxylic acids is 2. The van der Waals surface area contributed by atoms with Crippen LogP contribution in [0.25, 0.3) is 10.1 Å². The molecular formula is C28H36N4O2S. The van der Waals surface area contributed by atoms with Crippen molar-refractivity contribution in [3.63, 3.8) is 0 Å². The fourth-order valence-electron chi connectivity index (χ4n) is 8.22. The average molecular weight is 493 g/mol. The number of nitrogens with zero attached hydrogens (tertiary/aromatic N) is 4. The summed E-state index contributed by atoms with van der Waals surface area (Å²) in [6.45, 7) is 5.93. The van der Waals surface area contributed by atoms with Gasteiger partial charge in [-0.3, -0.25) is 19.4 Å². The van der Waals surface area contributed by atoms with Crippen molar-refractivity contribution in [1.82, 2.24) is 14.2 Å². The molecule has 5 aliphatic rings. The van der Waals surface area contributed by atoms with Gasteiger partial charge in [0, 0.05) is 44.7 Å². The van der Waals surface area contributed by atoms with E-state index in [0.29, 0.717) is 30.2 Å². The first kappa shape index (κ1) is 22.2. The molecule has 7 rings (SSSR count). The van der Waals surface area contributed by atoms with Crippen LogP contribution in [-0.2, 0) is 9.59 Å². The molecule has 0 radical (unpaired) electrons. The van der Waals surface area contributed by atoms with Gasteiger partial charge < -0.3 is 4.90 Å². The molecule has 2 bridgehead atoms. The van der Waals surface area contributed by atoms with E-state index in [1.54, 1.807) is 16.4 Å². The van der Waals surface area contributed by atoms with Gasteiger partial charge in [-0.05, 0) is 79.4 Å². The van der Waals surface area contributed by atoms with Gasteiger partial charge in [-0.2, -0.15) is 4.37 Å². The number of hydrogen-bond acceptors (Lipinski definition) is 6. The standard InChI is InChI=1S/C28H36N4O2S/c33-27-24-18-9-10-19(15-18)25(24)28(34)32(27)17-21-6-2-1-5-20(21)16-30-11-13-31(14-12-30)26-22-7-3-4-8-23(22)35-29-26/h3-4,7-8,18-21,24-25H,1-2,5-6,9-17H2/t18-,19-,20-,21?,24-,25+/m0/s1. The van der Waals surface area contributed by atoms with Crippen molar-refractivity contribution < 1.29 is 9.59 Å². The van der Waals surface area contributed by atoms with Crippen LogP contribution in [0.15, 0.2) is 24.3 Å². The van der Waals surface area contributed by atoms with Crippen molar-refractivity contribution in [3.8, 4) is 0 Å². The summed E-state index contributed by atoms with van der Waals surface area (Å²) in [5, 5.41) is 1.27. The number of hydrogen-bond donors (Lipinski definition) is 0. The molecule has 35 heavy (non-hydrogen) atoms. The SMILES string of the molecule is O=C1[C@@H]2[C@H]3CC[C@@H](C3)[C@@H]2C(=O)N1CC1CCCC[C@H]1CN1CCN(c2nsc3ccccc23)CC1. The van der Waals surface area contributed by atoms with E-state index >= 15 is 0 Å². The number of benzene rings is 1. The highest BCUT2D eigenvalue weighted by Gasteiger charge is 2.61. The minimum absolute atomic E-state index is 0.0261. The van der Waals surface area contributed by atoms with Gasteiger partial charge in [-0.25, -0.2) is 0 Å². The quantitative estimate of drug-likeness (QED) is 0.584. The number of carbonyl (C=O) groups is 2. The van der Waals surface area contributed by atoms with E-state index in [1.807, 2.05) is 0 Å². The lowest BCUT2D eigenvalue weighted by atomic mass is 9.78. The van der Waals surface area contributed by atoms with Crippen molar-refractivity contribution in [2.75, 3.05) is 44.2 Å². The second kappa shape index (κ2) is 8.84. The van der Waals surface area contributed by atoms with E-state index in [1.165, 1.54) is 29.3 Å². The summed E-state index contributed by atoms with van der Waals surface area (Å²) in [5.74, 6) is 3.59. The van der Waals surface area contributed by atoms with E-state index in [2.05, 4.69) is 34.1 Å². The Morgan fingerprint density at radius 2 is 1.49 bits per heavy atom. The molecule has 3 saturated carbocycles. The van der Waals surface area contributed by atoms with E-state index in [9.17, 15) is 9.59 Å². The first-order valence-corrected chi connectivity index (χ1v) is 14.6. The summed E-state index contributed by atoms with van der Waals surface area (Å²) >= 11 is 1.60. The number of rotatable bonds is 5. The van der Waals surface area contributed by atoms with Crippen molar-refractivity contribution in [3.05, 3.63) is 24.3 Å². The molecule has 1 aromatic carbocycles. The van der Waals surface area contributed by atoms with Crippen molar-refractivity contribution >= 4 is 39.3 Å². The fourth-order valence-corrected chi connectivity index (χ4v) is 9.02. The van der Waals surface area contributed by atoms with E-state index < -0.39 is 0 Å². The van der Waals surface area contributed by atoms with Crippen LogP contribution in [0.1, 0.15) is 44.9 Å². The van der Waals surface area contributed by atoms with E-state index in [4.69, 9.17) is 4.37 Å². The van der Waals surface area contributed by atoms with Crippen molar-refractivity contribution in [2.45, 2.75) is 44.9 Å². The summed E-state index contributed by atoms with van der Waals surface area (Å²) in [6, 6.07) is 8.54.